The molecule has 152 valence electrons. The van der Waals surface area contributed by atoms with Crippen LogP contribution in [0, 0.1) is 0 Å². The van der Waals surface area contributed by atoms with Gasteiger partial charge in [-0.3, -0.25) is 4.79 Å². The van der Waals surface area contributed by atoms with Crippen molar-refractivity contribution in [1.29, 1.82) is 0 Å². The van der Waals surface area contributed by atoms with E-state index in [2.05, 4.69) is 14.9 Å². The molecule has 0 bridgehead atoms. The third-order valence-electron chi connectivity index (χ3n) is 4.50. The Morgan fingerprint density at radius 3 is 2.48 bits per heavy atom. The number of rotatable bonds is 8. The van der Waals surface area contributed by atoms with Crippen LogP contribution in [0.5, 0.6) is 0 Å². The van der Waals surface area contributed by atoms with Gasteiger partial charge in [0.2, 0.25) is 10.0 Å². The number of carbonyl (C=O) groups is 1. The number of hydrogen-bond acceptors (Lipinski definition) is 5. The second-order valence-electron chi connectivity index (χ2n) is 7.38. The van der Waals surface area contributed by atoms with Gasteiger partial charge in [-0.05, 0) is 58.0 Å². The van der Waals surface area contributed by atoms with Gasteiger partial charge in [-0.25, -0.2) is 13.1 Å². The van der Waals surface area contributed by atoms with E-state index in [1.165, 1.54) is 31.0 Å². The first kappa shape index (κ1) is 21.8. The molecule has 1 aliphatic heterocycles. The van der Waals surface area contributed by atoms with Crippen molar-refractivity contribution in [2.45, 2.75) is 56.6 Å². The largest absolute Gasteiger partial charge is 0.390 e. The molecule has 1 aromatic rings. The Morgan fingerprint density at radius 1 is 1.19 bits per heavy atom. The van der Waals surface area contributed by atoms with Crippen LogP contribution in [0.4, 0.5) is 0 Å². The van der Waals surface area contributed by atoms with Crippen molar-refractivity contribution < 1.29 is 18.3 Å². The van der Waals surface area contributed by atoms with Crippen LogP contribution < -0.4 is 10.0 Å². The van der Waals surface area contributed by atoms with Crippen LogP contribution in [0.3, 0.4) is 0 Å². The minimum absolute atomic E-state index is 0.0147. The van der Waals surface area contributed by atoms with Gasteiger partial charge >= 0.3 is 0 Å². The molecule has 3 N–H and O–H groups in total. The van der Waals surface area contributed by atoms with Gasteiger partial charge in [0.1, 0.15) is 0 Å². The topological polar surface area (TPSA) is 98.7 Å². The molecule has 1 saturated heterocycles. The van der Waals surface area contributed by atoms with E-state index in [1.54, 1.807) is 6.07 Å². The molecule has 1 aromatic carbocycles. The first-order valence-electron chi connectivity index (χ1n) is 9.59. The predicted octanol–water partition coefficient (Wildman–Crippen LogP) is 1.34. The molecule has 1 fully saturated rings. The van der Waals surface area contributed by atoms with Gasteiger partial charge in [0.15, 0.2) is 0 Å². The Bertz CT molecular complexity index is 713. The molecule has 8 heteroatoms. The molecule has 0 aliphatic carbocycles. The average molecular weight is 398 g/mol. The van der Waals surface area contributed by atoms with Crippen molar-refractivity contribution in [3.05, 3.63) is 29.8 Å². The Kier molecular flexibility index (Phi) is 8.22. The fraction of sp³-hybridized carbons (Fsp3) is 0.632. The van der Waals surface area contributed by atoms with Crippen molar-refractivity contribution >= 4 is 15.9 Å². The summed E-state index contributed by atoms with van der Waals surface area (Å²) in [6.45, 7) is 5.96. The number of hydrogen-bond donors (Lipinski definition) is 3. The average Bonchev–Trinajstić information content (AvgIpc) is 2.88. The first-order chi connectivity index (χ1) is 12.8. The SMILES string of the molecule is CC(C)NC(=O)c1cccc(S(=O)(=O)NCC(O)CN2CCCCCC2)c1. The number of carbonyl (C=O) groups excluding carboxylic acids is 1. The molecule has 1 heterocycles. The summed E-state index contributed by atoms with van der Waals surface area (Å²) in [5, 5.41) is 13.0. The Balaban J connectivity index is 1.94. The maximum absolute atomic E-state index is 12.5. The smallest absolute Gasteiger partial charge is 0.251 e. The van der Waals surface area contributed by atoms with E-state index in [0.29, 0.717) is 6.54 Å². The van der Waals surface area contributed by atoms with Crippen LogP contribution in [0.25, 0.3) is 0 Å². The lowest BCUT2D eigenvalue weighted by atomic mass is 10.2. The fourth-order valence-electron chi connectivity index (χ4n) is 3.12. The van der Waals surface area contributed by atoms with E-state index >= 15 is 0 Å². The molecule has 1 unspecified atom stereocenters. The highest BCUT2D eigenvalue weighted by molar-refractivity contribution is 7.89. The Hall–Kier alpha value is -1.48. The summed E-state index contributed by atoms with van der Waals surface area (Å²) in [6.07, 6.45) is 3.87. The summed E-state index contributed by atoms with van der Waals surface area (Å²) in [5.74, 6) is -0.316. The van der Waals surface area contributed by atoms with Gasteiger partial charge in [-0.1, -0.05) is 18.9 Å². The molecule has 0 saturated carbocycles. The van der Waals surface area contributed by atoms with E-state index < -0.39 is 16.1 Å². The number of sulfonamides is 1. The van der Waals surface area contributed by atoms with E-state index in [4.69, 9.17) is 0 Å². The molecule has 27 heavy (non-hydrogen) atoms. The lowest BCUT2D eigenvalue weighted by Crippen LogP contribution is -2.40. The molecule has 1 atom stereocenters. The van der Waals surface area contributed by atoms with Gasteiger partial charge in [-0.2, -0.15) is 0 Å². The monoisotopic (exact) mass is 397 g/mol. The Morgan fingerprint density at radius 2 is 1.85 bits per heavy atom. The van der Waals surface area contributed by atoms with Crippen LogP contribution in [-0.2, 0) is 10.0 Å². The molecule has 0 radical (unpaired) electrons. The maximum Gasteiger partial charge on any atom is 0.251 e. The van der Waals surface area contributed by atoms with E-state index in [0.717, 1.165) is 25.9 Å². The van der Waals surface area contributed by atoms with Crippen LogP contribution in [0.15, 0.2) is 29.2 Å². The minimum Gasteiger partial charge on any atom is -0.390 e. The van der Waals surface area contributed by atoms with Gasteiger partial charge < -0.3 is 15.3 Å². The van der Waals surface area contributed by atoms with Crippen LogP contribution >= 0.6 is 0 Å². The van der Waals surface area contributed by atoms with Crippen molar-refractivity contribution in [1.82, 2.24) is 14.9 Å². The number of aliphatic hydroxyl groups is 1. The van der Waals surface area contributed by atoms with Crippen molar-refractivity contribution in [2.24, 2.45) is 0 Å². The summed E-state index contributed by atoms with van der Waals surface area (Å²) < 4.78 is 27.5. The lowest BCUT2D eigenvalue weighted by molar-refractivity contribution is 0.0943. The number of aliphatic hydroxyl groups excluding tert-OH is 1. The highest BCUT2D eigenvalue weighted by atomic mass is 32.2. The summed E-state index contributed by atoms with van der Waals surface area (Å²) in [6, 6.07) is 5.87. The zero-order valence-electron chi connectivity index (χ0n) is 16.1. The molecule has 1 amide bonds. The van der Waals surface area contributed by atoms with E-state index in [-0.39, 0.29) is 29.0 Å². The summed E-state index contributed by atoms with van der Waals surface area (Å²) in [4.78, 5) is 14.3. The lowest BCUT2D eigenvalue weighted by Gasteiger charge is -2.23. The van der Waals surface area contributed by atoms with Crippen LogP contribution in [0.1, 0.15) is 49.9 Å². The molecule has 0 aromatic heterocycles. The summed E-state index contributed by atoms with van der Waals surface area (Å²) in [7, 11) is -3.80. The summed E-state index contributed by atoms with van der Waals surface area (Å²) in [5.41, 5.74) is 0.289. The highest BCUT2D eigenvalue weighted by Crippen LogP contribution is 2.13. The number of likely N-dealkylation sites (tertiary alicyclic amines) is 1. The number of benzene rings is 1. The Labute approximate surface area is 162 Å². The van der Waals surface area contributed by atoms with Gasteiger partial charge in [0, 0.05) is 24.7 Å². The van der Waals surface area contributed by atoms with E-state index in [1.807, 2.05) is 13.8 Å². The minimum atomic E-state index is -3.80. The number of β-amino-alcohol motifs (C(OH)–C–C–N with tert-alkyl or cyclic N) is 1. The van der Waals surface area contributed by atoms with Crippen molar-refractivity contribution in [3.63, 3.8) is 0 Å². The molecule has 2 rings (SSSR count). The fourth-order valence-corrected chi connectivity index (χ4v) is 4.24. The normalized spacial score (nSPS) is 17.5. The maximum atomic E-state index is 12.5. The third-order valence-corrected chi connectivity index (χ3v) is 5.92. The predicted molar refractivity (Wildman–Crippen MR) is 105 cm³/mol. The van der Waals surface area contributed by atoms with Crippen LogP contribution in [-0.4, -0.2) is 62.7 Å². The molecular formula is C19H31N3O4S. The van der Waals surface area contributed by atoms with Gasteiger partial charge in [0.25, 0.3) is 5.91 Å². The zero-order chi connectivity index (χ0) is 19.9. The number of nitrogens with one attached hydrogen (secondary N) is 2. The number of nitrogens with zero attached hydrogens (tertiary/aromatic N) is 1. The summed E-state index contributed by atoms with van der Waals surface area (Å²) >= 11 is 0. The molecule has 7 nitrogen and oxygen atoms in total. The van der Waals surface area contributed by atoms with Gasteiger partial charge in [0.05, 0.1) is 11.0 Å². The van der Waals surface area contributed by atoms with Crippen molar-refractivity contribution in [2.75, 3.05) is 26.2 Å². The number of amides is 1. The molecule has 1 aliphatic rings. The first-order valence-corrected chi connectivity index (χ1v) is 11.1. The second kappa shape index (κ2) is 10.2. The molecular weight excluding hydrogens is 366 g/mol. The standard InChI is InChI=1S/C19H31N3O4S/c1-15(2)21-19(24)16-8-7-9-18(12-16)27(25,26)20-13-17(23)14-22-10-5-3-4-6-11-22/h7-9,12,15,17,20,23H,3-6,10-11,13-14H2,1-2H3,(H,21,24). The highest BCUT2D eigenvalue weighted by Gasteiger charge is 2.19. The quantitative estimate of drug-likeness (QED) is 0.615. The third kappa shape index (κ3) is 7.21. The van der Waals surface area contributed by atoms with Gasteiger partial charge in [-0.15, -0.1) is 0 Å². The molecule has 0 spiro atoms. The van der Waals surface area contributed by atoms with Crippen LogP contribution in [0.2, 0.25) is 0 Å². The zero-order valence-corrected chi connectivity index (χ0v) is 17.0. The second-order valence-corrected chi connectivity index (χ2v) is 9.14. The van der Waals surface area contributed by atoms with E-state index in [9.17, 15) is 18.3 Å². The van der Waals surface area contributed by atoms with Crippen molar-refractivity contribution in [3.8, 4) is 0 Å².